The maximum absolute atomic E-state index is 11.9. The Morgan fingerprint density at radius 2 is 1.81 bits per heavy atom. The van der Waals surface area contributed by atoms with E-state index in [0.29, 0.717) is 30.0 Å². The Bertz CT molecular complexity index is 721. The summed E-state index contributed by atoms with van der Waals surface area (Å²) in [4.78, 5) is 23.0. The third-order valence-electron chi connectivity index (χ3n) is 8.49. The highest BCUT2D eigenvalue weighted by Gasteiger charge is 2.57. The molecular formula is C22H31NO3. The fourth-order valence-corrected chi connectivity index (χ4v) is 7.22. The molecule has 0 aromatic carbocycles. The molecule has 0 aromatic heterocycles. The Labute approximate surface area is 156 Å². The Hall–Kier alpha value is -1.58. The van der Waals surface area contributed by atoms with Crippen LogP contribution < -0.4 is 5.32 Å². The summed E-state index contributed by atoms with van der Waals surface area (Å²) in [5.74, 6) is 2.36. The van der Waals surface area contributed by atoms with E-state index in [4.69, 9.17) is 5.11 Å². The molecule has 4 rings (SSSR count). The molecule has 0 aliphatic heterocycles. The van der Waals surface area contributed by atoms with E-state index >= 15 is 0 Å². The second kappa shape index (κ2) is 5.97. The summed E-state index contributed by atoms with van der Waals surface area (Å²) in [6, 6.07) is 0. The lowest BCUT2D eigenvalue weighted by atomic mass is 9.47. The number of carboxylic acid groups (broad SMARTS) is 1. The molecule has 4 aliphatic carbocycles. The number of carbonyl (C=O) groups excluding carboxylic acids is 1. The number of rotatable bonds is 1. The van der Waals surface area contributed by atoms with Gasteiger partial charge in [-0.15, -0.1) is 0 Å². The van der Waals surface area contributed by atoms with Gasteiger partial charge in [-0.3, -0.25) is 10.1 Å². The predicted molar refractivity (Wildman–Crippen MR) is 101 cm³/mol. The number of fused-ring (bicyclic) bond motifs is 5. The van der Waals surface area contributed by atoms with Crippen LogP contribution in [0.1, 0.15) is 72.1 Å². The second-order valence-corrected chi connectivity index (χ2v) is 9.50. The van der Waals surface area contributed by atoms with Crippen molar-refractivity contribution in [2.24, 2.45) is 28.6 Å². The zero-order chi connectivity index (χ0) is 18.7. The quantitative estimate of drug-likeness (QED) is 0.689. The van der Waals surface area contributed by atoms with E-state index in [1.54, 1.807) is 0 Å². The van der Waals surface area contributed by atoms with Crippen LogP contribution >= 0.6 is 0 Å². The smallest absolute Gasteiger partial charge is 0.408 e. The van der Waals surface area contributed by atoms with Gasteiger partial charge in [-0.1, -0.05) is 19.4 Å². The highest BCUT2D eigenvalue weighted by Crippen LogP contribution is 2.66. The van der Waals surface area contributed by atoms with Gasteiger partial charge in [0.1, 0.15) is 0 Å². The number of ketones is 1. The molecule has 142 valence electrons. The number of nitrogens with one attached hydrogen (secondary N) is 1. The first-order valence-electron chi connectivity index (χ1n) is 10.2. The molecule has 3 saturated carbocycles. The zero-order valence-corrected chi connectivity index (χ0v) is 16.2. The molecule has 3 fully saturated rings. The molecule has 3 unspecified atom stereocenters. The number of allylic oxidation sites excluding steroid dienone is 3. The number of carbonyl (C=O) groups is 2. The standard InChI is InChI=1S/C22H31NO3/c1-13(23-20(25)26)17-6-7-18-16-5-4-14-12-15(24)8-10-21(14,2)19(16)9-11-22(17,18)3/h12,16,18-19,23H,4-11H2,1-3H3,(H,25,26)/t16?,18?,19?,21-,22+/m0/s1. The average Bonchev–Trinajstić information content (AvgIpc) is 2.92. The van der Waals surface area contributed by atoms with Gasteiger partial charge in [0, 0.05) is 12.1 Å². The summed E-state index contributed by atoms with van der Waals surface area (Å²) in [6.07, 6.45) is 9.54. The predicted octanol–water partition coefficient (Wildman–Crippen LogP) is 5.06. The van der Waals surface area contributed by atoms with Crippen molar-refractivity contribution < 1.29 is 14.7 Å². The van der Waals surface area contributed by atoms with Crippen molar-refractivity contribution in [2.75, 3.05) is 0 Å². The first kappa shape index (κ1) is 17.8. The fraction of sp³-hybridized carbons (Fsp3) is 0.727. The van der Waals surface area contributed by atoms with Gasteiger partial charge < -0.3 is 5.11 Å². The molecule has 0 radical (unpaired) electrons. The summed E-state index contributed by atoms with van der Waals surface area (Å²) >= 11 is 0. The number of hydrogen-bond donors (Lipinski definition) is 2. The highest BCUT2D eigenvalue weighted by molar-refractivity contribution is 5.91. The Morgan fingerprint density at radius 3 is 2.54 bits per heavy atom. The molecule has 0 saturated heterocycles. The Kier molecular flexibility index (Phi) is 4.09. The topological polar surface area (TPSA) is 66.4 Å². The molecule has 0 spiro atoms. The molecule has 4 aliphatic rings. The molecule has 0 heterocycles. The van der Waals surface area contributed by atoms with Gasteiger partial charge in [0.2, 0.25) is 0 Å². The minimum atomic E-state index is -0.956. The third kappa shape index (κ3) is 2.48. The van der Waals surface area contributed by atoms with Crippen LogP contribution in [0.4, 0.5) is 4.79 Å². The molecule has 2 N–H and O–H groups in total. The van der Waals surface area contributed by atoms with E-state index in [1.807, 2.05) is 13.0 Å². The van der Waals surface area contributed by atoms with Crippen LogP contribution in [0.15, 0.2) is 22.9 Å². The largest absolute Gasteiger partial charge is 0.465 e. The highest BCUT2D eigenvalue weighted by atomic mass is 16.4. The van der Waals surface area contributed by atoms with Crippen LogP contribution in [0.3, 0.4) is 0 Å². The number of hydrogen-bond acceptors (Lipinski definition) is 2. The lowest BCUT2D eigenvalue weighted by Gasteiger charge is -2.57. The molecule has 26 heavy (non-hydrogen) atoms. The normalized spacial score (nSPS) is 43.7. The van der Waals surface area contributed by atoms with Crippen LogP contribution in [-0.4, -0.2) is 17.0 Å². The van der Waals surface area contributed by atoms with E-state index in [1.165, 1.54) is 30.4 Å². The van der Waals surface area contributed by atoms with Crippen LogP contribution in [0.2, 0.25) is 0 Å². The average molecular weight is 357 g/mol. The third-order valence-corrected chi connectivity index (χ3v) is 8.49. The van der Waals surface area contributed by atoms with Gasteiger partial charge in [0.15, 0.2) is 5.78 Å². The lowest BCUT2D eigenvalue weighted by Crippen LogP contribution is -2.49. The van der Waals surface area contributed by atoms with Crippen molar-refractivity contribution in [3.8, 4) is 0 Å². The molecule has 4 heteroatoms. The van der Waals surface area contributed by atoms with Crippen molar-refractivity contribution in [1.82, 2.24) is 5.32 Å². The van der Waals surface area contributed by atoms with E-state index in [9.17, 15) is 9.59 Å². The second-order valence-electron chi connectivity index (χ2n) is 9.50. The van der Waals surface area contributed by atoms with E-state index in [2.05, 4.69) is 19.2 Å². The monoisotopic (exact) mass is 357 g/mol. The molecule has 0 bridgehead atoms. The van der Waals surface area contributed by atoms with E-state index in [0.717, 1.165) is 31.4 Å². The molecule has 5 atom stereocenters. The van der Waals surface area contributed by atoms with Gasteiger partial charge >= 0.3 is 6.09 Å². The maximum Gasteiger partial charge on any atom is 0.408 e. The summed E-state index contributed by atoms with van der Waals surface area (Å²) in [5, 5.41) is 11.7. The van der Waals surface area contributed by atoms with Crippen LogP contribution in [0, 0.1) is 28.6 Å². The first-order valence-corrected chi connectivity index (χ1v) is 10.2. The first-order chi connectivity index (χ1) is 12.3. The Morgan fingerprint density at radius 1 is 1.08 bits per heavy atom. The van der Waals surface area contributed by atoms with Crippen molar-refractivity contribution >= 4 is 11.9 Å². The summed E-state index contributed by atoms with van der Waals surface area (Å²) in [7, 11) is 0. The van der Waals surface area contributed by atoms with Crippen molar-refractivity contribution in [3.63, 3.8) is 0 Å². The van der Waals surface area contributed by atoms with Gasteiger partial charge in [-0.25, -0.2) is 4.79 Å². The summed E-state index contributed by atoms with van der Waals surface area (Å²) < 4.78 is 0. The lowest BCUT2D eigenvalue weighted by molar-refractivity contribution is -0.117. The minimum absolute atomic E-state index is 0.135. The van der Waals surface area contributed by atoms with Crippen LogP contribution in [-0.2, 0) is 4.79 Å². The van der Waals surface area contributed by atoms with Gasteiger partial charge in [-0.05, 0) is 92.1 Å². The van der Waals surface area contributed by atoms with Crippen LogP contribution in [0.5, 0.6) is 0 Å². The molecule has 4 nitrogen and oxygen atoms in total. The van der Waals surface area contributed by atoms with Crippen molar-refractivity contribution in [1.29, 1.82) is 0 Å². The van der Waals surface area contributed by atoms with Gasteiger partial charge in [-0.2, -0.15) is 0 Å². The minimum Gasteiger partial charge on any atom is -0.465 e. The maximum atomic E-state index is 11.9. The molecule has 1 amide bonds. The van der Waals surface area contributed by atoms with Crippen molar-refractivity contribution in [3.05, 3.63) is 22.9 Å². The summed E-state index contributed by atoms with van der Waals surface area (Å²) in [5.41, 5.74) is 3.95. The van der Waals surface area contributed by atoms with E-state index in [-0.39, 0.29) is 10.8 Å². The summed E-state index contributed by atoms with van der Waals surface area (Å²) in [6.45, 7) is 6.72. The molecule has 0 aromatic rings. The SMILES string of the molecule is CC(NC(=O)O)=C1CCC2C3CCC4=CC(=O)CC[C@]4(C)C3CC[C@]12C. The van der Waals surface area contributed by atoms with Crippen LogP contribution in [0.25, 0.3) is 0 Å². The van der Waals surface area contributed by atoms with E-state index < -0.39 is 6.09 Å². The van der Waals surface area contributed by atoms with Crippen molar-refractivity contribution in [2.45, 2.75) is 72.1 Å². The Balaban J connectivity index is 1.65. The fourth-order valence-electron chi connectivity index (χ4n) is 7.22. The zero-order valence-electron chi connectivity index (χ0n) is 16.2. The number of amides is 1. The molecular weight excluding hydrogens is 326 g/mol. The van der Waals surface area contributed by atoms with Gasteiger partial charge in [0.05, 0.1) is 0 Å². The van der Waals surface area contributed by atoms with Gasteiger partial charge in [0.25, 0.3) is 0 Å².